The molecule has 110 valence electrons. The number of ether oxygens (including phenoxy) is 2. The third kappa shape index (κ3) is 3.16. The molecule has 0 amide bonds. The van der Waals surface area contributed by atoms with Crippen LogP contribution in [0.4, 0.5) is 19.1 Å². The number of methoxy groups -OCH3 is 1. The summed E-state index contributed by atoms with van der Waals surface area (Å²) in [6.45, 7) is 0.530. The average Bonchev–Trinajstić information content (AvgIpc) is 2.46. The first-order valence-electron chi connectivity index (χ1n) is 5.76. The van der Waals surface area contributed by atoms with Crippen LogP contribution in [0.3, 0.4) is 0 Å². The van der Waals surface area contributed by atoms with Crippen molar-refractivity contribution in [3.05, 3.63) is 18.0 Å². The van der Waals surface area contributed by atoms with E-state index in [1.807, 2.05) is 0 Å². The van der Waals surface area contributed by atoms with E-state index in [1.54, 1.807) is 0 Å². The largest absolute Gasteiger partial charge is 0.467 e. The highest BCUT2D eigenvalue weighted by atomic mass is 19.4. The van der Waals surface area contributed by atoms with E-state index in [0.717, 1.165) is 12.3 Å². The van der Waals surface area contributed by atoms with Gasteiger partial charge in [0.05, 0.1) is 20.3 Å². The molecule has 2 heterocycles. The molecule has 0 N–H and O–H groups in total. The first kappa shape index (κ1) is 14.5. The van der Waals surface area contributed by atoms with E-state index >= 15 is 0 Å². The Hall–Kier alpha value is -1.90. The van der Waals surface area contributed by atoms with E-state index in [2.05, 4.69) is 14.7 Å². The lowest BCUT2D eigenvalue weighted by Crippen LogP contribution is -2.47. The molecule has 1 aliphatic heterocycles. The molecule has 6 nitrogen and oxygen atoms in total. The molecular weight excluding hydrogens is 279 g/mol. The van der Waals surface area contributed by atoms with Gasteiger partial charge in [-0.05, 0) is 6.07 Å². The van der Waals surface area contributed by atoms with E-state index < -0.39 is 23.9 Å². The van der Waals surface area contributed by atoms with Gasteiger partial charge in [-0.15, -0.1) is 0 Å². The molecule has 9 heteroatoms. The highest BCUT2D eigenvalue weighted by Crippen LogP contribution is 2.28. The minimum absolute atomic E-state index is 0.0496. The van der Waals surface area contributed by atoms with Crippen molar-refractivity contribution in [1.82, 2.24) is 9.97 Å². The second-order valence-corrected chi connectivity index (χ2v) is 4.07. The first-order valence-corrected chi connectivity index (χ1v) is 5.76. The number of carbonyl (C=O) groups excluding carboxylic acids is 1. The standard InChI is InChI=1S/C11H12F3N3O3/c1-19-9(18)7-6-17(4-5-20-7)10-15-3-2-8(16-10)11(12,13)14/h2-3,7H,4-6H2,1H3. The minimum Gasteiger partial charge on any atom is -0.467 e. The van der Waals surface area contributed by atoms with Gasteiger partial charge >= 0.3 is 12.1 Å². The van der Waals surface area contributed by atoms with Crippen molar-refractivity contribution in [3.63, 3.8) is 0 Å². The number of anilines is 1. The summed E-state index contributed by atoms with van der Waals surface area (Å²) >= 11 is 0. The molecule has 0 aromatic carbocycles. The van der Waals surface area contributed by atoms with Gasteiger partial charge in [-0.2, -0.15) is 13.2 Å². The molecule has 1 fully saturated rings. The van der Waals surface area contributed by atoms with Crippen LogP contribution in [0.25, 0.3) is 0 Å². The summed E-state index contributed by atoms with van der Waals surface area (Å²) in [6.07, 6.45) is -4.36. The zero-order valence-corrected chi connectivity index (χ0v) is 10.6. The third-order valence-electron chi connectivity index (χ3n) is 2.75. The summed E-state index contributed by atoms with van der Waals surface area (Å²) in [6, 6.07) is 0.793. The van der Waals surface area contributed by atoms with Crippen LogP contribution in [0, 0.1) is 0 Å². The van der Waals surface area contributed by atoms with Gasteiger partial charge < -0.3 is 14.4 Å². The van der Waals surface area contributed by atoms with E-state index in [1.165, 1.54) is 12.0 Å². The van der Waals surface area contributed by atoms with Crippen LogP contribution in [-0.2, 0) is 20.4 Å². The summed E-state index contributed by atoms with van der Waals surface area (Å²) in [5, 5.41) is 0. The van der Waals surface area contributed by atoms with Crippen molar-refractivity contribution < 1.29 is 27.4 Å². The number of nitrogens with zero attached hydrogens (tertiary/aromatic N) is 3. The quantitative estimate of drug-likeness (QED) is 0.754. The summed E-state index contributed by atoms with van der Waals surface area (Å²) < 4.78 is 47.5. The summed E-state index contributed by atoms with van der Waals surface area (Å²) in [5.41, 5.74) is -1.02. The Morgan fingerprint density at radius 1 is 1.55 bits per heavy atom. The molecule has 1 atom stereocenters. The summed E-state index contributed by atoms with van der Waals surface area (Å²) in [5.74, 6) is -0.668. The molecule has 1 aromatic heterocycles. The number of carbonyl (C=O) groups is 1. The number of halogens is 3. The third-order valence-corrected chi connectivity index (χ3v) is 2.75. The zero-order valence-electron chi connectivity index (χ0n) is 10.6. The van der Waals surface area contributed by atoms with Crippen LogP contribution in [0.1, 0.15) is 5.69 Å². The van der Waals surface area contributed by atoms with Gasteiger partial charge in [0.1, 0.15) is 5.69 Å². The molecule has 2 rings (SSSR count). The van der Waals surface area contributed by atoms with Crippen molar-refractivity contribution >= 4 is 11.9 Å². The number of aromatic nitrogens is 2. The van der Waals surface area contributed by atoms with Crippen LogP contribution in [-0.4, -0.2) is 48.8 Å². The Balaban J connectivity index is 2.17. The number of esters is 1. The topological polar surface area (TPSA) is 64.5 Å². The van der Waals surface area contributed by atoms with Crippen molar-refractivity contribution in [2.75, 3.05) is 31.7 Å². The van der Waals surface area contributed by atoms with Crippen molar-refractivity contribution in [1.29, 1.82) is 0 Å². The highest BCUT2D eigenvalue weighted by Gasteiger charge is 2.34. The Labute approximate surface area is 112 Å². The second-order valence-electron chi connectivity index (χ2n) is 4.07. The molecule has 0 aliphatic carbocycles. The monoisotopic (exact) mass is 291 g/mol. The Morgan fingerprint density at radius 2 is 2.30 bits per heavy atom. The predicted molar refractivity (Wildman–Crippen MR) is 61.0 cm³/mol. The number of rotatable bonds is 2. The van der Waals surface area contributed by atoms with Gasteiger partial charge in [-0.3, -0.25) is 0 Å². The number of alkyl halides is 3. The van der Waals surface area contributed by atoms with Crippen LogP contribution in [0.2, 0.25) is 0 Å². The van der Waals surface area contributed by atoms with Gasteiger partial charge in [0.25, 0.3) is 0 Å². The summed E-state index contributed by atoms with van der Waals surface area (Å²) in [4.78, 5) is 20.1. The van der Waals surface area contributed by atoms with Crippen molar-refractivity contribution in [2.45, 2.75) is 12.3 Å². The maximum absolute atomic E-state index is 12.6. The van der Waals surface area contributed by atoms with E-state index in [4.69, 9.17) is 4.74 Å². The fourth-order valence-electron chi connectivity index (χ4n) is 1.76. The molecule has 20 heavy (non-hydrogen) atoms. The van der Waals surface area contributed by atoms with Crippen molar-refractivity contribution in [2.24, 2.45) is 0 Å². The minimum atomic E-state index is -4.54. The molecular formula is C11H12F3N3O3. The summed E-state index contributed by atoms with van der Waals surface area (Å²) in [7, 11) is 1.21. The molecule has 1 unspecified atom stereocenters. The molecule has 0 bridgehead atoms. The second kappa shape index (κ2) is 5.61. The van der Waals surface area contributed by atoms with Gasteiger partial charge in [0, 0.05) is 12.7 Å². The van der Waals surface area contributed by atoms with Crippen LogP contribution in [0.5, 0.6) is 0 Å². The maximum atomic E-state index is 12.6. The molecule has 1 aromatic rings. The number of hydrogen-bond acceptors (Lipinski definition) is 6. The number of morpholine rings is 1. The maximum Gasteiger partial charge on any atom is 0.433 e. The fourth-order valence-corrected chi connectivity index (χ4v) is 1.76. The SMILES string of the molecule is COC(=O)C1CN(c2nccc(C(F)(F)F)n2)CCO1. The Kier molecular flexibility index (Phi) is 4.07. The smallest absolute Gasteiger partial charge is 0.433 e. The molecule has 1 aliphatic rings. The Bertz CT molecular complexity index is 495. The lowest BCUT2D eigenvalue weighted by molar-refractivity contribution is -0.154. The van der Waals surface area contributed by atoms with Crippen molar-refractivity contribution in [3.8, 4) is 0 Å². The van der Waals surface area contributed by atoms with Crippen LogP contribution in [0.15, 0.2) is 12.3 Å². The molecule has 0 spiro atoms. The van der Waals surface area contributed by atoms with Gasteiger partial charge in [-0.25, -0.2) is 14.8 Å². The molecule has 0 radical (unpaired) electrons. The lowest BCUT2D eigenvalue weighted by atomic mass is 10.3. The van der Waals surface area contributed by atoms with Crippen LogP contribution >= 0.6 is 0 Å². The van der Waals surface area contributed by atoms with E-state index in [-0.39, 0.29) is 19.1 Å². The van der Waals surface area contributed by atoms with E-state index in [0.29, 0.717) is 6.54 Å². The average molecular weight is 291 g/mol. The lowest BCUT2D eigenvalue weighted by Gasteiger charge is -2.31. The fraction of sp³-hybridized carbons (Fsp3) is 0.545. The molecule has 0 saturated carbocycles. The first-order chi connectivity index (χ1) is 9.41. The molecule has 1 saturated heterocycles. The van der Waals surface area contributed by atoms with Crippen LogP contribution < -0.4 is 4.90 Å². The normalized spacial score (nSPS) is 19.8. The van der Waals surface area contributed by atoms with Gasteiger partial charge in [0.2, 0.25) is 5.95 Å². The Morgan fingerprint density at radius 3 is 2.95 bits per heavy atom. The van der Waals surface area contributed by atoms with E-state index in [9.17, 15) is 18.0 Å². The number of hydrogen-bond donors (Lipinski definition) is 0. The highest BCUT2D eigenvalue weighted by molar-refractivity contribution is 5.75. The van der Waals surface area contributed by atoms with Gasteiger partial charge in [-0.1, -0.05) is 0 Å². The van der Waals surface area contributed by atoms with Gasteiger partial charge in [0.15, 0.2) is 6.10 Å². The zero-order chi connectivity index (χ0) is 14.8. The predicted octanol–water partition coefficient (Wildman–Crippen LogP) is 0.874.